The summed E-state index contributed by atoms with van der Waals surface area (Å²) < 4.78 is 3.55. The van der Waals surface area contributed by atoms with Crippen LogP contribution in [-0.4, -0.2) is 53.7 Å². The molecule has 184 valence electrons. The van der Waals surface area contributed by atoms with Crippen LogP contribution >= 0.6 is 0 Å². The normalized spacial score (nSPS) is 18.2. The Hall–Kier alpha value is -4.01. The molecule has 9 nitrogen and oxygen atoms in total. The molecule has 0 unspecified atom stereocenters. The molecule has 1 saturated heterocycles. The molecular weight excluding hydrogens is 454 g/mol. The van der Waals surface area contributed by atoms with Crippen molar-refractivity contribution >= 4 is 17.5 Å². The fourth-order valence-electron chi connectivity index (χ4n) is 5.56. The minimum Gasteiger partial charge on any atom is -0.349 e. The second-order valence-electron chi connectivity index (χ2n) is 9.64. The Morgan fingerprint density at radius 1 is 0.944 bits per heavy atom. The van der Waals surface area contributed by atoms with Gasteiger partial charge < -0.3 is 10.2 Å². The Morgan fingerprint density at radius 2 is 1.81 bits per heavy atom. The van der Waals surface area contributed by atoms with E-state index in [0.29, 0.717) is 29.9 Å². The van der Waals surface area contributed by atoms with Gasteiger partial charge in [-0.2, -0.15) is 10.2 Å². The summed E-state index contributed by atoms with van der Waals surface area (Å²) in [6.45, 7) is 1.20. The highest BCUT2D eigenvalue weighted by Crippen LogP contribution is 2.34. The van der Waals surface area contributed by atoms with Crippen LogP contribution in [0.3, 0.4) is 0 Å². The number of benzene rings is 1. The maximum atomic E-state index is 13.8. The zero-order chi connectivity index (χ0) is 24.5. The van der Waals surface area contributed by atoms with Crippen molar-refractivity contribution in [2.24, 2.45) is 0 Å². The quantitative estimate of drug-likeness (QED) is 0.452. The fraction of sp³-hybridized carbons (Fsp3) is 0.370. The van der Waals surface area contributed by atoms with Crippen molar-refractivity contribution in [3.05, 3.63) is 83.6 Å². The zero-order valence-electron chi connectivity index (χ0n) is 20.1. The smallest absolute Gasteiger partial charge is 0.256 e. The molecule has 1 N–H and O–H groups in total. The highest BCUT2D eigenvalue weighted by atomic mass is 16.2. The molecule has 2 amide bonds. The molecule has 1 saturated carbocycles. The number of carbonyl (C=O) groups excluding carboxylic acids is 2. The third kappa shape index (κ3) is 4.14. The summed E-state index contributed by atoms with van der Waals surface area (Å²) in [6, 6.07) is 11.6. The third-order valence-electron chi connectivity index (χ3n) is 7.36. The summed E-state index contributed by atoms with van der Waals surface area (Å²) in [4.78, 5) is 33.2. The van der Waals surface area contributed by atoms with E-state index in [4.69, 9.17) is 0 Å². The molecular formula is C27H29N7O2. The zero-order valence-corrected chi connectivity index (χ0v) is 20.1. The maximum Gasteiger partial charge on any atom is 0.256 e. The van der Waals surface area contributed by atoms with E-state index in [0.717, 1.165) is 49.8 Å². The average molecular weight is 484 g/mol. The second kappa shape index (κ2) is 9.56. The van der Waals surface area contributed by atoms with E-state index >= 15 is 0 Å². The predicted molar refractivity (Wildman–Crippen MR) is 133 cm³/mol. The van der Waals surface area contributed by atoms with Gasteiger partial charge in [0.1, 0.15) is 5.56 Å². The first-order valence-electron chi connectivity index (χ1n) is 12.7. The molecule has 4 heterocycles. The van der Waals surface area contributed by atoms with Crippen molar-refractivity contribution < 1.29 is 9.59 Å². The molecule has 2 aliphatic rings. The molecule has 4 aromatic rings. The summed E-state index contributed by atoms with van der Waals surface area (Å²) in [6.07, 6.45) is 13.0. The van der Waals surface area contributed by atoms with Crippen molar-refractivity contribution in [3.63, 3.8) is 0 Å². The Balaban J connectivity index is 1.29. The third-order valence-corrected chi connectivity index (χ3v) is 7.36. The van der Waals surface area contributed by atoms with Crippen molar-refractivity contribution in [2.75, 3.05) is 6.54 Å². The molecule has 0 spiro atoms. The second-order valence-corrected chi connectivity index (χ2v) is 9.64. The summed E-state index contributed by atoms with van der Waals surface area (Å²) in [5.41, 5.74) is 3.49. The molecule has 0 radical (unpaired) electrons. The van der Waals surface area contributed by atoms with Crippen LogP contribution in [0.15, 0.2) is 61.2 Å². The molecule has 1 aromatic carbocycles. The molecule has 6 rings (SSSR count). The van der Waals surface area contributed by atoms with Gasteiger partial charge in [-0.3, -0.25) is 14.3 Å². The number of likely N-dealkylation sites (tertiary alicyclic amines) is 1. The summed E-state index contributed by atoms with van der Waals surface area (Å²) >= 11 is 0. The summed E-state index contributed by atoms with van der Waals surface area (Å²) in [5.74, 6) is -0.134. The molecule has 9 heteroatoms. The lowest BCUT2D eigenvalue weighted by atomic mass is 10.0. The van der Waals surface area contributed by atoms with Crippen molar-refractivity contribution in [2.45, 2.75) is 57.2 Å². The molecule has 1 atom stereocenters. The van der Waals surface area contributed by atoms with Crippen LogP contribution < -0.4 is 5.32 Å². The Labute approximate surface area is 209 Å². The Bertz CT molecular complexity index is 1390. The lowest BCUT2D eigenvalue weighted by Crippen LogP contribution is -2.33. The van der Waals surface area contributed by atoms with Gasteiger partial charge in [0, 0.05) is 36.7 Å². The van der Waals surface area contributed by atoms with E-state index in [1.807, 2.05) is 52.2 Å². The average Bonchev–Trinajstić information content (AvgIpc) is 3.71. The topological polar surface area (TPSA) is 97.4 Å². The van der Waals surface area contributed by atoms with E-state index < -0.39 is 0 Å². The van der Waals surface area contributed by atoms with Crippen LogP contribution in [0, 0.1) is 0 Å². The number of amides is 2. The minimum absolute atomic E-state index is 0.00317. The van der Waals surface area contributed by atoms with E-state index in [1.54, 1.807) is 23.1 Å². The Kier molecular flexibility index (Phi) is 5.96. The van der Waals surface area contributed by atoms with Crippen molar-refractivity contribution in [3.8, 4) is 0 Å². The van der Waals surface area contributed by atoms with Gasteiger partial charge >= 0.3 is 0 Å². The van der Waals surface area contributed by atoms with Gasteiger partial charge in [0.25, 0.3) is 11.8 Å². The van der Waals surface area contributed by atoms with Gasteiger partial charge in [0.05, 0.1) is 24.5 Å². The summed E-state index contributed by atoms with van der Waals surface area (Å²) in [5, 5.41) is 12.0. The van der Waals surface area contributed by atoms with Gasteiger partial charge in [0.2, 0.25) is 0 Å². The maximum absolute atomic E-state index is 13.8. The highest BCUT2D eigenvalue weighted by molar-refractivity contribution is 6.00. The number of hydrogen-bond donors (Lipinski definition) is 1. The number of aromatic nitrogens is 5. The monoisotopic (exact) mass is 483 g/mol. The Morgan fingerprint density at radius 3 is 2.64 bits per heavy atom. The lowest BCUT2D eigenvalue weighted by Gasteiger charge is -2.26. The largest absolute Gasteiger partial charge is 0.349 e. The predicted octanol–water partition coefficient (Wildman–Crippen LogP) is 3.62. The van der Waals surface area contributed by atoms with Gasteiger partial charge in [-0.05, 0) is 49.4 Å². The molecule has 36 heavy (non-hydrogen) atoms. The number of carbonyl (C=O) groups is 2. The molecule has 3 aromatic heterocycles. The molecule has 1 aliphatic heterocycles. The fourth-order valence-corrected chi connectivity index (χ4v) is 5.56. The molecule has 0 bridgehead atoms. The standard InChI is InChI=1S/C27H29N7O2/c35-26(31-20-8-2-3-9-20)22-17-30-34-24(12-14-28-25(22)34)23-11-5-16-33(23)27(36)21-10-4-1-7-19(21)18-32-15-6-13-29-32/h1,4,6-7,10,12-15,17,20,23H,2-3,5,8-9,11,16,18H2,(H,31,35)/t23-/m0/s1. The summed E-state index contributed by atoms with van der Waals surface area (Å²) in [7, 11) is 0. The van der Waals surface area contributed by atoms with Crippen LogP contribution in [0.5, 0.6) is 0 Å². The van der Waals surface area contributed by atoms with Gasteiger partial charge in [-0.25, -0.2) is 9.50 Å². The van der Waals surface area contributed by atoms with Crippen LogP contribution in [0.4, 0.5) is 0 Å². The van der Waals surface area contributed by atoms with E-state index in [-0.39, 0.29) is 23.9 Å². The van der Waals surface area contributed by atoms with E-state index in [2.05, 4.69) is 20.5 Å². The van der Waals surface area contributed by atoms with E-state index in [9.17, 15) is 9.59 Å². The first kappa shape index (κ1) is 22.5. The van der Waals surface area contributed by atoms with Crippen LogP contribution in [0.2, 0.25) is 0 Å². The lowest BCUT2D eigenvalue weighted by molar-refractivity contribution is 0.0729. The first-order chi connectivity index (χ1) is 17.7. The van der Waals surface area contributed by atoms with Crippen LogP contribution in [0.25, 0.3) is 5.65 Å². The van der Waals surface area contributed by atoms with E-state index in [1.165, 1.54) is 0 Å². The number of rotatable bonds is 6. The highest BCUT2D eigenvalue weighted by Gasteiger charge is 2.34. The van der Waals surface area contributed by atoms with Crippen LogP contribution in [0.1, 0.15) is 76.5 Å². The number of hydrogen-bond acceptors (Lipinski definition) is 5. The molecule has 2 fully saturated rings. The molecule has 1 aliphatic carbocycles. The van der Waals surface area contributed by atoms with Crippen molar-refractivity contribution in [1.82, 2.24) is 34.6 Å². The number of nitrogens with one attached hydrogen (secondary N) is 1. The van der Waals surface area contributed by atoms with Crippen LogP contribution in [-0.2, 0) is 6.54 Å². The van der Waals surface area contributed by atoms with Gasteiger partial charge in [-0.15, -0.1) is 0 Å². The minimum atomic E-state index is -0.147. The number of fused-ring (bicyclic) bond motifs is 1. The first-order valence-corrected chi connectivity index (χ1v) is 12.7. The van der Waals surface area contributed by atoms with Gasteiger partial charge in [-0.1, -0.05) is 31.0 Å². The van der Waals surface area contributed by atoms with Crippen molar-refractivity contribution in [1.29, 1.82) is 0 Å². The van der Waals surface area contributed by atoms with Gasteiger partial charge in [0.15, 0.2) is 5.65 Å². The SMILES string of the molecule is O=C(NC1CCCC1)c1cnn2c([C@@H]3CCCN3C(=O)c3ccccc3Cn3cccn3)ccnc12. The number of nitrogens with zero attached hydrogens (tertiary/aromatic N) is 6.